The van der Waals surface area contributed by atoms with Crippen LogP contribution in [0, 0.1) is 0 Å². The summed E-state index contributed by atoms with van der Waals surface area (Å²) in [5.74, 6) is 0.0585. The van der Waals surface area contributed by atoms with Crippen LogP contribution in [0.4, 0.5) is 5.69 Å². The first kappa shape index (κ1) is 19.8. The highest BCUT2D eigenvalue weighted by atomic mass is 35.5. The van der Waals surface area contributed by atoms with E-state index < -0.39 is 0 Å². The standard InChI is InChI=1S/C19H21N3O3.ClH/c20-10-12-22(11-9-14-5-2-1-3-6-14)19(24)15-7-4-8-16-18(15)25-13-17(23)21-16;/h1-8H,9-13,20H2,(H,21,23);1H. The van der Waals surface area contributed by atoms with E-state index in [2.05, 4.69) is 5.32 Å². The lowest BCUT2D eigenvalue weighted by atomic mass is 10.1. The molecule has 0 aromatic heterocycles. The summed E-state index contributed by atoms with van der Waals surface area (Å²) in [6, 6.07) is 15.2. The highest BCUT2D eigenvalue weighted by Crippen LogP contribution is 2.32. The Kier molecular flexibility index (Phi) is 7.00. The van der Waals surface area contributed by atoms with E-state index in [0.29, 0.717) is 36.6 Å². The number of carbonyl (C=O) groups is 2. The van der Waals surface area contributed by atoms with Gasteiger partial charge in [-0.15, -0.1) is 12.4 Å². The van der Waals surface area contributed by atoms with Crippen molar-refractivity contribution < 1.29 is 14.3 Å². The SMILES string of the molecule is Cl.NCCN(CCc1ccccc1)C(=O)c1cccc2c1OCC(=O)N2. The Balaban J connectivity index is 0.00000243. The summed E-state index contributed by atoms with van der Waals surface area (Å²) in [7, 11) is 0. The number of amides is 2. The Morgan fingerprint density at radius 1 is 1.12 bits per heavy atom. The van der Waals surface area contributed by atoms with Gasteiger partial charge in [0.1, 0.15) is 0 Å². The van der Waals surface area contributed by atoms with Crippen LogP contribution in [-0.4, -0.2) is 43.0 Å². The van der Waals surface area contributed by atoms with Gasteiger partial charge >= 0.3 is 0 Å². The van der Waals surface area contributed by atoms with Gasteiger partial charge in [0, 0.05) is 19.6 Å². The van der Waals surface area contributed by atoms with Crippen molar-refractivity contribution in [1.29, 1.82) is 0 Å². The van der Waals surface area contributed by atoms with Gasteiger partial charge in [-0.3, -0.25) is 9.59 Å². The number of anilines is 1. The first-order valence-corrected chi connectivity index (χ1v) is 8.28. The van der Waals surface area contributed by atoms with Gasteiger partial charge in [0.05, 0.1) is 11.3 Å². The number of nitrogens with one attached hydrogen (secondary N) is 1. The molecule has 0 saturated carbocycles. The molecule has 0 bridgehead atoms. The van der Waals surface area contributed by atoms with Gasteiger partial charge in [0.25, 0.3) is 11.8 Å². The van der Waals surface area contributed by atoms with Gasteiger partial charge in [0.2, 0.25) is 0 Å². The number of nitrogens with two attached hydrogens (primary N) is 1. The molecule has 7 heteroatoms. The molecule has 26 heavy (non-hydrogen) atoms. The van der Waals surface area contributed by atoms with Crippen molar-refractivity contribution in [3.8, 4) is 5.75 Å². The van der Waals surface area contributed by atoms with Gasteiger partial charge in [-0.2, -0.15) is 0 Å². The fourth-order valence-electron chi connectivity index (χ4n) is 2.83. The van der Waals surface area contributed by atoms with Crippen LogP contribution >= 0.6 is 12.4 Å². The van der Waals surface area contributed by atoms with Crippen molar-refractivity contribution in [3.05, 3.63) is 59.7 Å². The van der Waals surface area contributed by atoms with Gasteiger partial charge in [-0.1, -0.05) is 36.4 Å². The number of benzene rings is 2. The van der Waals surface area contributed by atoms with Crippen LogP contribution in [0.15, 0.2) is 48.5 Å². The van der Waals surface area contributed by atoms with Crippen LogP contribution in [0.25, 0.3) is 0 Å². The van der Waals surface area contributed by atoms with Crippen molar-refractivity contribution in [2.75, 3.05) is 31.6 Å². The largest absolute Gasteiger partial charge is 0.481 e. The first-order chi connectivity index (χ1) is 12.2. The molecule has 6 nitrogen and oxygen atoms in total. The summed E-state index contributed by atoms with van der Waals surface area (Å²) in [4.78, 5) is 26.2. The Hall–Kier alpha value is -2.57. The van der Waals surface area contributed by atoms with Crippen molar-refractivity contribution in [3.63, 3.8) is 0 Å². The van der Waals surface area contributed by atoms with Crippen LogP contribution in [0.3, 0.4) is 0 Å². The maximum Gasteiger partial charge on any atom is 0.262 e. The highest BCUT2D eigenvalue weighted by Gasteiger charge is 2.25. The number of nitrogens with zero attached hydrogens (tertiary/aromatic N) is 1. The molecule has 0 radical (unpaired) electrons. The maximum atomic E-state index is 13.0. The first-order valence-electron chi connectivity index (χ1n) is 8.28. The molecular weight excluding hydrogens is 354 g/mol. The van der Waals surface area contributed by atoms with Crippen LogP contribution in [0.2, 0.25) is 0 Å². The quantitative estimate of drug-likeness (QED) is 0.809. The van der Waals surface area contributed by atoms with E-state index in [1.165, 1.54) is 0 Å². The Bertz CT molecular complexity index is 768. The molecule has 3 rings (SSSR count). The summed E-state index contributed by atoms with van der Waals surface area (Å²) in [6.45, 7) is 1.32. The van der Waals surface area contributed by atoms with Crippen molar-refractivity contribution >= 4 is 29.9 Å². The number of halogens is 1. The summed E-state index contributed by atoms with van der Waals surface area (Å²) in [5.41, 5.74) is 7.82. The van der Waals surface area contributed by atoms with E-state index in [-0.39, 0.29) is 30.8 Å². The molecule has 3 N–H and O–H groups in total. The van der Waals surface area contributed by atoms with Crippen LogP contribution in [0.1, 0.15) is 15.9 Å². The lowest BCUT2D eigenvalue weighted by Crippen LogP contribution is -2.37. The minimum Gasteiger partial charge on any atom is -0.481 e. The summed E-state index contributed by atoms with van der Waals surface area (Å²) in [5, 5.41) is 2.72. The average molecular weight is 376 g/mol. The lowest BCUT2D eigenvalue weighted by molar-refractivity contribution is -0.118. The zero-order valence-corrected chi connectivity index (χ0v) is 15.1. The number of hydrogen-bond acceptors (Lipinski definition) is 4. The molecular formula is C19H22ClN3O3. The number of fused-ring (bicyclic) bond motifs is 1. The van der Waals surface area contributed by atoms with E-state index in [0.717, 1.165) is 12.0 Å². The fourth-order valence-corrected chi connectivity index (χ4v) is 2.83. The Morgan fingerprint density at radius 2 is 1.88 bits per heavy atom. The van der Waals surface area contributed by atoms with E-state index in [1.807, 2.05) is 30.3 Å². The second-order valence-corrected chi connectivity index (χ2v) is 5.84. The minimum atomic E-state index is -0.222. The van der Waals surface area contributed by atoms with Crippen molar-refractivity contribution in [2.45, 2.75) is 6.42 Å². The van der Waals surface area contributed by atoms with E-state index in [1.54, 1.807) is 23.1 Å². The minimum absolute atomic E-state index is 0. The number of ether oxygens (including phenoxy) is 1. The smallest absolute Gasteiger partial charge is 0.262 e. The van der Waals surface area contributed by atoms with Gasteiger partial charge in [0.15, 0.2) is 12.4 Å². The Labute approximate surface area is 158 Å². The fraction of sp³-hybridized carbons (Fsp3) is 0.263. The molecule has 0 saturated heterocycles. The molecule has 0 spiro atoms. The molecule has 0 atom stereocenters. The monoisotopic (exact) mass is 375 g/mol. The van der Waals surface area contributed by atoms with Gasteiger partial charge in [-0.05, 0) is 24.1 Å². The normalized spacial score (nSPS) is 12.3. The van der Waals surface area contributed by atoms with E-state index in [9.17, 15) is 9.59 Å². The van der Waals surface area contributed by atoms with Crippen molar-refractivity contribution in [2.24, 2.45) is 5.73 Å². The Morgan fingerprint density at radius 3 is 2.62 bits per heavy atom. The third-order valence-corrected chi connectivity index (χ3v) is 4.07. The molecule has 1 aliphatic rings. The second kappa shape index (κ2) is 9.22. The number of para-hydroxylation sites is 1. The van der Waals surface area contributed by atoms with E-state index in [4.69, 9.17) is 10.5 Å². The molecule has 2 aromatic rings. The van der Waals surface area contributed by atoms with Crippen LogP contribution < -0.4 is 15.8 Å². The highest BCUT2D eigenvalue weighted by molar-refractivity contribution is 6.03. The van der Waals surface area contributed by atoms with E-state index >= 15 is 0 Å². The maximum absolute atomic E-state index is 13.0. The second-order valence-electron chi connectivity index (χ2n) is 5.84. The molecule has 0 unspecified atom stereocenters. The van der Waals surface area contributed by atoms with Crippen LogP contribution in [-0.2, 0) is 11.2 Å². The van der Waals surface area contributed by atoms with Gasteiger partial charge < -0.3 is 20.7 Å². The summed E-state index contributed by atoms with van der Waals surface area (Å²) in [6.07, 6.45) is 0.749. The third-order valence-electron chi connectivity index (χ3n) is 4.07. The number of rotatable bonds is 6. The lowest BCUT2D eigenvalue weighted by Gasteiger charge is -2.25. The zero-order chi connectivity index (χ0) is 17.6. The van der Waals surface area contributed by atoms with Crippen molar-refractivity contribution in [1.82, 2.24) is 4.90 Å². The number of hydrogen-bond donors (Lipinski definition) is 2. The molecule has 0 aliphatic carbocycles. The average Bonchev–Trinajstić information content (AvgIpc) is 2.64. The predicted molar refractivity (Wildman–Crippen MR) is 103 cm³/mol. The predicted octanol–water partition coefficient (Wildman–Crippen LogP) is 2.08. The third kappa shape index (κ3) is 4.53. The molecule has 1 heterocycles. The molecule has 1 aliphatic heterocycles. The van der Waals surface area contributed by atoms with Gasteiger partial charge in [-0.25, -0.2) is 0 Å². The number of carbonyl (C=O) groups excluding carboxylic acids is 2. The zero-order valence-electron chi connectivity index (χ0n) is 14.3. The molecule has 138 valence electrons. The summed E-state index contributed by atoms with van der Waals surface area (Å²) < 4.78 is 5.49. The van der Waals surface area contributed by atoms with Crippen LogP contribution in [0.5, 0.6) is 5.75 Å². The molecule has 0 fully saturated rings. The summed E-state index contributed by atoms with van der Waals surface area (Å²) >= 11 is 0. The molecule has 2 aromatic carbocycles. The molecule has 2 amide bonds. The topological polar surface area (TPSA) is 84.7 Å².